The number of hydrogen-bond donors (Lipinski definition) is 1. The smallest absolute Gasteiger partial charge is 0.350 e. The van der Waals surface area contributed by atoms with Gasteiger partial charge < -0.3 is 10.5 Å². The number of ether oxygens (including phenoxy) is 1. The first-order valence-electron chi connectivity index (χ1n) is 5.94. The van der Waals surface area contributed by atoms with Gasteiger partial charge in [-0.15, -0.1) is 11.3 Å². The standard InChI is InChI=1S/C14H13BrClNO2S/c1-3-8-11(17)13(14(18)19-2)20-12(8)9-5-4-7(16)6-10(9)15/h4-6H,3,17H2,1-2H3. The van der Waals surface area contributed by atoms with Crippen LogP contribution >= 0.6 is 38.9 Å². The summed E-state index contributed by atoms with van der Waals surface area (Å²) in [5, 5.41) is 0.649. The quantitative estimate of drug-likeness (QED) is 0.788. The van der Waals surface area contributed by atoms with Crippen molar-refractivity contribution >= 4 is 50.5 Å². The summed E-state index contributed by atoms with van der Waals surface area (Å²) in [7, 11) is 1.35. The minimum absolute atomic E-state index is 0.404. The van der Waals surface area contributed by atoms with Crippen LogP contribution in [0.3, 0.4) is 0 Å². The molecule has 0 unspecified atom stereocenters. The molecule has 20 heavy (non-hydrogen) atoms. The molecule has 1 heterocycles. The van der Waals surface area contributed by atoms with Crippen LogP contribution in [0.1, 0.15) is 22.2 Å². The van der Waals surface area contributed by atoms with Gasteiger partial charge in [0.15, 0.2) is 0 Å². The van der Waals surface area contributed by atoms with Crippen LogP contribution in [-0.2, 0) is 11.2 Å². The lowest BCUT2D eigenvalue weighted by molar-refractivity contribution is 0.0607. The number of thiophene rings is 1. The van der Waals surface area contributed by atoms with Gasteiger partial charge in [-0.05, 0) is 24.1 Å². The zero-order valence-electron chi connectivity index (χ0n) is 11.0. The van der Waals surface area contributed by atoms with E-state index in [4.69, 9.17) is 22.1 Å². The van der Waals surface area contributed by atoms with Gasteiger partial charge in [-0.2, -0.15) is 0 Å². The fourth-order valence-corrected chi connectivity index (χ4v) is 4.25. The van der Waals surface area contributed by atoms with Crippen molar-refractivity contribution in [3.8, 4) is 10.4 Å². The zero-order chi connectivity index (χ0) is 14.9. The van der Waals surface area contributed by atoms with E-state index in [0.717, 1.165) is 26.9 Å². The third kappa shape index (κ3) is 2.71. The molecule has 0 spiro atoms. The third-order valence-corrected chi connectivity index (χ3v) is 5.10. The molecule has 3 nitrogen and oxygen atoms in total. The van der Waals surface area contributed by atoms with Gasteiger partial charge in [-0.3, -0.25) is 0 Å². The van der Waals surface area contributed by atoms with E-state index in [2.05, 4.69) is 15.9 Å². The predicted molar refractivity (Wildman–Crippen MR) is 87.6 cm³/mol. The maximum absolute atomic E-state index is 11.8. The van der Waals surface area contributed by atoms with Gasteiger partial charge in [-0.25, -0.2) is 4.79 Å². The normalized spacial score (nSPS) is 10.6. The van der Waals surface area contributed by atoms with Crippen LogP contribution in [0.5, 0.6) is 0 Å². The van der Waals surface area contributed by atoms with Crippen molar-refractivity contribution in [2.24, 2.45) is 0 Å². The lowest BCUT2D eigenvalue weighted by Gasteiger charge is -2.05. The Morgan fingerprint density at radius 2 is 2.20 bits per heavy atom. The minimum atomic E-state index is -0.404. The van der Waals surface area contributed by atoms with Gasteiger partial charge >= 0.3 is 5.97 Å². The van der Waals surface area contributed by atoms with Crippen molar-refractivity contribution < 1.29 is 9.53 Å². The van der Waals surface area contributed by atoms with E-state index in [1.54, 1.807) is 0 Å². The molecule has 0 saturated carbocycles. The van der Waals surface area contributed by atoms with Crippen LogP contribution in [0.2, 0.25) is 5.02 Å². The van der Waals surface area contributed by atoms with Crippen molar-refractivity contribution in [3.05, 3.63) is 38.1 Å². The molecule has 0 saturated heterocycles. The summed E-state index contributed by atoms with van der Waals surface area (Å²) in [6, 6.07) is 5.55. The van der Waals surface area contributed by atoms with Gasteiger partial charge in [0.1, 0.15) is 4.88 Å². The van der Waals surface area contributed by atoms with Gasteiger partial charge in [0.25, 0.3) is 0 Å². The molecule has 0 fully saturated rings. The number of esters is 1. The fourth-order valence-electron chi connectivity index (χ4n) is 1.96. The number of methoxy groups -OCH3 is 1. The first-order valence-corrected chi connectivity index (χ1v) is 7.93. The summed E-state index contributed by atoms with van der Waals surface area (Å²) in [5.41, 5.74) is 8.51. The number of carbonyl (C=O) groups is 1. The Bertz CT molecular complexity index is 669. The Morgan fingerprint density at radius 1 is 1.50 bits per heavy atom. The van der Waals surface area contributed by atoms with Crippen molar-refractivity contribution in [2.75, 3.05) is 12.8 Å². The van der Waals surface area contributed by atoms with Crippen molar-refractivity contribution in [1.82, 2.24) is 0 Å². The second-order valence-electron chi connectivity index (χ2n) is 4.12. The molecule has 0 amide bonds. The predicted octanol–water partition coefficient (Wildman–Crippen LogP) is 4.76. The van der Waals surface area contributed by atoms with Crippen LogP contribution in [-0.4, -0.2) is 13.1 Å². The van der Waals surface area contributed by atoms with E-state index in [1.165, 1.54) is 18.4 Å². The van der Waals surface area contributed by atoms with Crippen molar-refractivity contribution in [1.29, 1.82) is 0 Å². The molecular formula is C14H13BrClNO2S. The van der Waals surface area contributed by atoms with Gasteiger partial charge in [0.2, 0.25) is 0 Å². The first-order chi connectivity index (χ1) is 9.49. The molecule has 2 N–H and O–H groups in total. The average molecular weight is 375 g/mol. The van der Waals surface area contributed by atoms with E-state index in [1.807, 2.05) is 25.1 Å². The number of halogens is 2. The number of nitrogens with two attached hydrogens (primary N) is 1. The molecule has 1 aromatic heterocycles. The molecule has 0 bridgehead atoms. The lowest BCUT2D eigenvalue weighted by atomic mass is 10.1. The minimum Gasteiger partial charge on any atom is -0.465 e. The highest BCUT2D eigenvalue weighted by molar-refractivity contribution is 9.10. The summed E-state index contributed by atoms with van der Waals surface area (Å²) in [6.07, 6.45) is 0.740. The summed E-state index contributed by atoms with van der Waals surface area (Å²) in [6.45, 7) is 2.01. The van der Waals surface area contributed by atoms with Gasteiger partial charge in [-0.1, -0.05) is 40.5 Å². The molecule has 0 radical (unpaired) electrons. The van der Waals surface area contributed by atoms with Gasteiger partial charge in [0.05, 0.1) is 12.8 Å². The summed E-state index contributed by atoms with van der Waals surface area (Å²) in [5.74, 6) is -0.404. The maximum atomic E-state index is 11.8. The number of hydrogen-bond acceptors (Lipinski definition) is 4. The Kier molecular flexibility index (Phi) is 4.73. The molecule has 0 aliphatic carbocycles. The average Bonchev–Trinajstić information content (AvgIpc) is 2.74. The van der Waals surface area contributed by atoms with Crippen LogP contribution < -0.4 is 5.73 Å². The molecule has 0 aliphatic rings. The highest BCUT2D eigenvalue weighted by atomic mass is 79.9. The summed E-state index contributed by atoms with van der Waals surface area (Å²) >= 11 is 10.8. The van der Waals surface area contributed by atoms with Crippen LogP contribution in [0.15, 0.2) is 22.7 Å². The number of anilines is 1. The topological polar surface area (TPSA) is 52.3 Å². The molecular weight excluding hydrogens is 362 g/mol. The van der Waals surface area contributed by atoms with E-state index in [0.29, 0.717) is 15.6 Å². The second-order valence-corrected chi connectivity index (χ2v) is 6.43. The van der Waals surface area contributed by atoms with Crippen LogP contribution in [0.25, 0.3) is 10.4 Å². The number of rotatable bonds is 3. The summed E-state index contributed by atoms with van der Waals surface area (Å²) < 4.78 is 5.65. The molecule has 0 atom stereocenters. The Labute approximate surface area is 134 Å². The highest BCUT2D eigenvalue weighted by Gasteiger charge is 2.22. The van der Waals surface area contributed by atoms with Gasteiger partial charge in [0, 0.05) is 19.9 Å². The summed E-state index contributed by atoms with van der Waals surface area (Å²) in [4.78, 5) is 13.2. The number of nitrogen functional groups attached to an aromatic ring is 1. The van der Waals surface area contributed by atoms with E-state index < -0.39 is 5.97 Å². The Hall–Kier alpha value is -1.04. The molecule has 106 valence electrons. The van der Waals surface area contributed by atoms with Crippen molar-refractivity contribution in [3.63, 3.8) is 0 Å². The van der Waals surface area contributed by atoms with E-state index in [-0.39, 0.29) is 0 Å². The monoisotopic (exact) mass is 373 g/mol. The lowest BCUT2D eigenvalue weighted by Crippen LogP contribution is -2.02. The molecule has 2 rings (SSSR count). The Balaban J connectivity index is 2.64. The first kappa shape index (κ1) is 15.4. The van der Waals surface area contributed by atoms with Crippen LogP contribution in [0.4, 0.5) is 5.69 Å². The molecule has 2 aromatic rings. The highest BCUT2D eigenvalue weighted by Crippen LogP contribution is 2.42. The SMILES string of the molecule is CCc1c(-c2ccc(Cl)cc2Br)sc(C(=O)OC)c1N. The zero-order valence-corrected chi connectivity index (χ0v) is 14.2. The largest absolute Gasteiger partial charge is 0.465 e. The number of carbonyl (C=O) groups excluding carboxylic acids is 1. The molecule has 6 heteroatoms. The van der Waals surface area contributed by atoms with E-state index in [9.17, 15) is 4.79 Å². The molecule has 1 aromatic carbocycles. The van der Waals surface area contributed by atoms with E-state index >= 15 is 0 Å². The third-order valence-electron chi connectivity index (χ3n) is 2.95. The maximum Gasteiger partial charge on any atom is 0.350 e. The second kappa shape index (κ2) is 6.16. The van der Waals surface area contributed by atoms with Crippen LogP contribution in [0, 0.1) is 0 Å². The fraction of sp³-hybridized carbons (Fsp3) is 0.214. The number of benzene rings is 1. The molecule has 0 aliphatic heterocycles. The van der Waals surface area contributed by atoms with Crippen molar-refractivity contribution in [2.45, 2.75) is 13.3 Å². The Morgan fingerprint density at radius 3 is 2.75 bits per heavy atom.